The predicted molar refractivity (Wildman–Crippen MR) is 55.2 cm³/mol. The van der Waals surface area contributed by atoms with Gasteiger partial charge in [-0.2, -0.15) is 0 Å². The van der Waals surface area contributed by atoms with Crippen molar-refractivity contribution < 1.29 is 17.2 Å². The van der Waals surface area contributed by atoms with E-state index in [9.17, 15) is 17.2 Å². The number of hydrogen-bond donors (Lipinski definition) is 1. The van der Waals surface area contributed by atoms with Crippen LogP contribution in [-0.4, -0.2) is 13.7 Å². The number of halogens is 3. The van der Waals surface area contributed by atoms with Crippen LogP contribution < -0.4 is 5.14 Å². The molecule has 0 unspecified atom stereocenters. The zero-order valence-corrected chi connectivity index (χ0v) is 9.91. The topological polar surface area (TPSA) is 60.2 Å². The molecule has 0 saturated carbocycles. The lowest BCUT2D eigenvalue weighted by molar-refractivity contribution is 0.548. The fraction of sp³-hybridized carbons (Fsp3) is 0.250. The zero-order valence-electron chi connectivity index (χ0n) is 7.50. The van der Waals surface area contributed by atoms with Gasteiger partial charge in [-0.15, -0.1) is 0 Å². The third kappa shape index (κ3) is 2.96. The molecule has 0 amide bonds. The maximum absolute atomic E-state index is 13.2. The zero-order chi connectivity index (χ0) is 11.6. The van der Waals surface area contributed by atoms with Crippen molar-refractivity contribution in [2.75, 3.05) is 5.33 Å². The maximum Gasteiger partial charge on any atom is 0.238 e. The van der Waals surface area contributed by atoms with E-state index < -0.39 is 26.6 Å². The van der Waals surface area contributed by atoms with Crippen molar-refractivity contribution in [1.29, 1.82) is 0 Å². The number of rotatable bonds is 3. The second-order valence-corrected chi connectivity index (χ2v) is 5.20. The summed E-state index contributed by atoms with van der Waals surface area (Å²) in [7, 11) is -4.07. The molecule has 1 aromatic carbocycles. The molecule has 1 rings (SSSR count). The Morgan fingerprint density at radius 2 is 1.73 bits per heavy atom. The third-order valence-corrected chi connectivity index (χ3v) is 3.08. The number of hydrogen-bond acceptors (Lipinski definition) is 2. The molecule has 0 radical (unpaired) electrons. The van der Waals surface area contributed by atoms with Crippen LogP contribution in [0.2, 0.25) is 0 Å². The molecule has 0 heterocycles. The van der Waals surface area contributed by atoms with E-state index in [0.717, 1.165) is 12.1 Å². The number of alkyl halides is 1. The lowest BCUT2D eigenvalue weighted by Gasteiger charge is -2.05. The summed E-state index contributed by atoms with van der Waals surface area (Å²) in [6.07, 6.45) is 0.141. The Bertz CT molecular complexity index is 453. The highest BCUT2D eigenvalue weighted by Crippen LogP contribution is 2.19. The van der Waals surface area contributed by atoms with Crippen LogP contribution in [0.3, 0.4) is 0 Å². The number of benzene rings is 1. The van der Waals surface area contributed by atoms with E-state index in [1.807, 2.05) is 0 Å². The average Bonchev–Trinajstić information content (AvgIpc) is 2.09. The van der Waals surface area contributed by atoms with E-state index in [1.54, 1.807) is 0 Å². The molecule has 84 valence electrons. The van der Waals surface area contributed by atoms with Gasteiger partial charge in [0.2, 0.25) is 10.0 Å². The SMILES string of the molecule is NS(=O)(=O)c1cc(F)c(CCBr)c(F)c1. The van der Waals surface area contributed by atoms with Crippen molar-refractivity contribution in [1.82, 2.24) is 0 Å². The average molecular weight is 300 g/mol. The third-order valence-electron chi connectivity index (χ3n) is 1.79. The Kier molecular flexibility index (Phi) is 3.80. The molecule has 0 atom stereocenters. The van der Waals surface area contributed by atoms with Crippen molar-refractivity contribution in [3.05, 3.63) is 29.3 Å². The Morgan fingerprint density at radius 3 is 2.07 bits per heavy atom. The highest BCUT2D eigenvalue weighted by molar-refractivity contribution is 9.09. The molecule has 0 fully saturated rings. The molecule has 0 aromatic heterocycles. The number of nitrogens with two attached hydrogens (primary N) is 1. The largest absolute Gasteiger partial charge is 0.238 e. The van der Waals surface area contributed by atoms with Crippen LogP contribution in [0.4, 0.5) is 8.78 Å². The molecular formula is C8H8BrF2NO2S. The highest BCUT2D eigenvalue weighted by atomic mass is 79.9. The van der Waals surface area contributed by atoms with Crippen LogP contribution in [0.15, 0.2) is 17.0 Å². The fourth-order valence-corrected chi connectivity index (χ4v) is 2.01. The Hall–Kier alpha value is -0.530. The second-order valence-electron chi connectivity index (χ2n) is 2.85. The molecule has 0 spiro atoms. The lowest BCUT2D eigenvalue weighted by atomic mass is 10.1. The molecule has 2 N–H and O–H groups in total. The molecule has 3 nitrogen and oxygen atoms in total. The molecule has 0 saturated heterocycles. The van der Waals surface area contributed by atoms with Gasteiger partial charge in [-0.25, -0.2) is 22.3 Å². The van der Waals surface area contributed by atoms with E-state index in [1.165, 1.54) is 0 Å². The number of primary sulfonamides is 1. The summed E-state index contributed by atoms with van der Waals surface area (Å²) < 4.78 is 48.2. The van der Waals surface area contributed by atoms with Crippen LogP contribution in [-0.2, 0) is 16.4 Å². The lowest BCUT2D eigenvalue weighted by Crippen LogP contribution is -2.13. The standard InChI is InChI=1S/C8H8BrF2NO2S/c9-2-1-6-7(10)3-5(4-8(6)11)15(12,13)14/h3-4H,1-2H2,(H2,12,13,14). The predicted octanol–water partition coefficient (Wildman–Crippen LogP) is 1.55. The van der Waals surface area contributed by atoms with Crippen LogP contribution in [0, 0.1) is 11.6 Å². The first-order valence-corrected chi connectivity index (χ1v) is 6.59. The summed E-state index contributed by atoms with van der Waals surface area (Å²) in [5.74, 6) is -1.81. The van der Waals surface area contributed by atoms with Gasteiger partial charge in [-0.05, 0) is 18.6 Å². The van der Waals surface area contributed by atoms with E-state index in [0.29, 0.717) is 5.33 Å². The van der Waals surface area contributed by atoms with E-state index in [-0.39, 0.29) is 12.0 Å². The summed E-state index contributed by atoms with van der Waals surface area (Å²) in [5.41, 5.74) is -0.153. The smallest absolute Gasteiger partial charge is 0.225 e. The first-order valence-electron chi connectivity index (χ1n) is 3.93. The first-order chi connectivity index (χ1) is 6.86. The quantitative estimate of drug-likeness (QED) is 0.861. The molecule has 0 bridgehead atoms. The summed E-state index contributed by atoms with van der Waals surface area (Å²) >= 11 is 3.04. The minimum Gasteiger partial charge on any atom is -0.225 e. The highest BCUT2D eigenvalue weighted by Gasteiger charge is 2.16. The van der Waals surface area contributed by atoms with Gasteiger partial charge >= 0.3 is 0 Å². The van der Waals surface area contributed by atoms with Gasteiger partial charge in [0.05, 0.1) is 4.90 Å². The van der Waals surface area contributed by atoms with E-state index in [4.69, 9.17) is 5.14 Å². The summed E-state index contributed by atoms with van der Waals surface area (Å²) in [5, 5.41) is 5.13. The van der Waals surface area contributed by atoms with Crippen molar-refractivity contribution in [3.63, 3.8) is 0 Å². The normalized spacial score (nSPS) is 11.7. The van der Waals surface area contributed by atoms with Crippen LogP contribution >= 0.6 is 15.9 Å². The Labute approximate surface area is 94.5 Å². The fourth-order valence-electron chi connectivity index (χ4n) is 1.08. The molecule has 0 aliphatic rings. The second kappa shape index (κ2) is 4.54. The molecular weight excluding hydrogens is 292 g/mol. The van der Waals surface area contributed by atoms with Gasteiger partial charge in [0.25, 0.3) is 0 Å². The molecule has 0 aliphatic heterocycles. The Balaban J connectivity index is 3.32. The maximum atomic E-state index is 13.2. The van der Waals surface area contributed by atoms with Crippen LogP contribution in [0.5, 0.6) is 0 Å². The van der Waals surface area contributed by atoms with Crippen LogP contribution in [0.1, 0.15) is 5.56 Å². The molecule has 1 aromatic rings. The van der Waals surface area contributed by atoms with Crippen molar-refractivity contribution in [3.8, 4) is 0 Å². The van der Waals surface area contributed by atoms with Gasteiger partial charge in [0.15, 0.2) is 0 Å². The van der Waals surface area contributed by atoms with Crippen molar-refractivity contribution >= 4 is 26.0 Å². The summed E-state index contributed by atoms with van der Waals surface area (Å²) in [6, 6.07) is 1.44. The Morgan fingerprint density at radius 1 is 1.27 bits per heavy atom. The van der Waals surface area contributed by atoms with E-state index >= 15 is 0 Å². The van der Waals surface area contributed by atoms with Gasteiger partial charge in [0, 0.05) is 10.9 Å². The number of sulfonamides is 1. The minimum atomic E-state index is -4.07. The minimum absolute atomic E-state index is 0.141. The summed E-state index contributed by atoms with van der Waals surface area (Å²) in [4.78, 5) is -0.559. The van der Waals surface area contributed by atoms with Gasteiger partial charge in [0.1, 0.15) is 11.6 Å². The monoisotopic (exact) mass is 299 g/mol. The van der Waals surface area contributed by atoms with Crippen molar-refractivity contribution in [2.24, 2.45) is 5.14 Å². The summed E-state index contributed by atoms with van der Waals surface area (Å²) in [6.45, 7) is 0. The molecule has 15 heavy (non-hydrogen) atoms. The van der Waals surface area contributed by atoms with Gasteiger partial charge in [-0.1, -0.05) is 15.9 Å². The van der Waals surface area contributed by atoms with Gasteiger partial charge in [-0.3, -0.25) is 0 Å². The van der Waals surface area contributed by atoms with Crippen molar-refractivity contribution in [2.45, 2.75) is 11.3 Å². The molecule has 0 aliphatic carbocycles. The van der Waals surface area contributed by atoms with Gasteiger partial charge < -0.3 is 0 Å². The van der Waals surface area contributed by atoms with Crippen LogP contribution in [0.25, 0.3) is 0 Å². The first kappa shape index (κ1) is 12.5. The van der Waals surface area contributed by atoms with E-state index in [2.05, 4.69) is 15.9 Å². The molecule has 7 heteroatoms.